The van der Waals surface area contributed by atoms with Crippen molar-refractivity contribution in [3.05, 3.63) is 58.4 Å². The Labute approximate surface area is 113 Å². The first kappa shape index (κ1) is 13.3. The molecule has 0 fully saturated rings. The molecule has 2 aromatic rings. The van der Waals surface area contributed by atoms with E-state index in [1.807, 2.05) is 45.9 Å². The van der Waals surface area contributed by atoms with E-state index in [1.54, 1.807) is 12.1 Å². The minimum absolute atomic E-state index is 0.334. The molecule has 3 nitrogen and oxygen atoms in total. The molecule has 0 spiro atoms. The van der Waals surface area contributed by atoms with Crippen molar-refractivity contribution < 1.29 is 9.53 Å². The molecule has 1 aromatic heterocycles. The van der Waals surface area contributed by atoms with E-state index in [-0.39, 0.29) is 0 Å². The maximum Gasteiger partial charge on any atom is 0.362 e. The van der Waals surface area contributed by atoms with Crippen molar-refractivity contribution in [1.29, 1.82) is 0 Å². The maximum atomic E-state index is 12.1. The van der Waals surface area contributed by atoms with Crippen LogP contribution in [0.3, 0.4) is 0 Å². The van der Waals surface area contributed by atoms with Crippen LogP contribution in [0, 0.1) is 27.7 Å². The lowest BCUT2D eigenvalue weighted by molar-refractivity contribution is 0.0726. The number of pyridine rings is 1. The number of aromatic nitrogens is 1. The van der Waals surface area contributed by atoms with Gasteiger partial charge in [-0.05, 0) is 56.5 Å². The molecule has 19 heavy (non-hydrogen) atoms. The Hall–Kier alpha value is -2.16. The third-order valence-electron chi connectivity index (χ3n) is 3.17. The maximum absolute atomic E-state index is 12.1. The van der Waals surface area contributed by atoms with Crippen LogP contribution in [-0.4, -0.2) is 11.0 Å². The molecule has 98 valence electrons. The summed E-state index contributed by atoms with van der Waals surface area (Å²) >= 11 is 0. The topological polar surface area (TPSA) is 39.2 Å². The van der Waals surface area contributed by atoms with Crippen LogP contribution in [0.15, 0.2) is 30.3 Å². The van der Waals surface area contributed by atoms with E-state index in [9.17, 15) is 4.79 Å². The summed E-state index contributed by atoms with van der Waals surface area (Å²) in [6.07, 6.45) is 0. The molecule has 0 saturated heterocycles. The summed E-state index contributed by atoms with van der Waals surface area (Å²) in [5.41, 5.74) is 4.17. The minimum Gasteiger partial charge on any atom is -0.421 e. The van der Waals surface area contributed by atoms with Gasteiger partial charge in [-0.1, -0.05) is 18.2 Å². The number of esters is 1. The Balaban J connectivity index is 2.32. The van der Waals surface area contributed by atoms with E-state index in [4.69, 9.17) is 4.74 Å². The van der Waals surface area contributed by atoms with Gasteiger partial charge in [-0.3, -0.25) is 0 Å². The fourth-order valence-electron chi connectivity index (χ4n) is 1.88. The van der Waals surface area contributed by atoms with E-state index < -0.39 is 5.97 Å². The molecule has 0 unspecified atom stereocenters. The smallest absolute Gasteiger partial charge is 0.362 e. The van der Waals surface area contributed by atoms with Crippen molar-refractivity contribution in [2.45, 2.75) is 27.7 Å². The van der Waals surface area contributed by atoms with Crippen LogP contribution < -0.4 is 4.74 Å². The highest BCUT2D eigenvalue weighted by molar-refractivity contribution is 5.89. The zero-order chi connectivity index (χ0) is 14.0. The number of ether oxygens (including phenoxy) is 1. The van der Waals surface area contributed by atoms with Gasteiger partial charge in [0.1, 0.15) is 11.4 Å². The van der Waals surface area contributed by atoms with Crippen LogP contribution in [0.4, 0.5) is 0 Å². The highest BCUT2D eigenvalue weighted by atomic mass is 16.5. The van der Waals surface area contributed by atoms with E-state index >= 15 is 0 Å². The van der Waals surface area contributed by atoms with Gasteiger partial charge in [0.2, 0.25) is 0 Å². The predicted octanol–water partition coefficient (Wildman–Crippen LogP) is 3.53. The summed E-state index contributed by atoms with van der Waals surface area (Å²) in [4.78, 5) is 16.3. The van der Waals surface area contributed by atoms with Crippen molar-refractivity contribution in [2.75, 3.05) is 0 Å². The predicted molar refractivity (Wildman–Crippen MR) is 74.6 cm³/mol. The molecule has 0 aliphatic rings. The second-order valence-electron chi connectivity index (χ2n) is 4.71. The lowest BCUT2D eigenvalue weighted by Gasteiger charge is -2.12. The quantitative estimate of drug-likeness (QED) is 0.608. The fraction of sp³-hybridized carbons (Fsp3) is 0.250. The second-order valence-corrected chi connectivity index (χ2v) is 4.71. The summed E-state index contributed by atoms with van der Waals surface area (Å²) < 4.78 is 5.50. The molecular weight excluding hydrogens is 238 g/mol. The van der Waals surface area contributed by atoms with E-state index in [0.29, 0.717) is 11.4 Å². The summed E-state index contributed by atoms with van der Waals surface area (Å²) in [5.74, 6) is 0.216. The van der Waals surface area contributed by atoms with Crippen LogP contribution in [-0.2, 0) is 0 Å². The zero-order valence-electron chi connectivity index (χ0n) is 11.7. The van der Waals surface area contributed by atoms with Crippen LogP contribution in [0.5, 0.6) is 5.75 Å². The van der Waals surface area contributed by atoms with Gasteiger partial charge in [-0.2, -0.15) is 0 Å². The molecule has 0 saturated carbocycles. The average Bonchev–Trinajstić information content (AvgIpc) is 2.39. The van der Waals surface area contributed by atoms with Crippen molar-refractivity contribution >= 4 is 5.97 Å². The van der Waals surface area contributed by atoms with E-state index in [2.05, 4.69) is 4.98 Å². The van der Waals surface area contributed by atoms with Crippen LogP contribution in [0.2, 0.25) is 0 Å². The van der Waals surface area contributed by atoms with Gasteiger partial charge in [0.15, 0.2) is 0 Å². The lowest BCUT2D eigenvalue weighted by atomic mass is 10.1. The van der Waals surface area contributed by atoms with Crippen molar-refractivity contribution in [3.63, 3.8) is 0 Å². The van der Waals surface area contributed by atoms with Crippen molar-refractivity contribution in [3.8, 4) is 5.75 Å². The Morgan fingerprint density at radius 1 is 1.00 bits per heavy atom. The third-order valence-corrected chi connectivity index (χ3v) is 3.17. The SMILES string of the molecule is Cc1cccc(C(=O)Oc2c(C)ccc(C)c2C)n1. The summed E-state index contributed by atoms with van der Waals surface area (Å²) in [7, 11) is 0. The first-order chi connectivity index (χ1) is 8.99. The van der Waals surface area contributed by atoms with Gasteiger partial charge < -0.3 is 4.74 Å². The molecule has 0 N–H and O–H groups in total. The molecule has 0 atom stereocenters. The zero-order valence-corrected chi connectivity index (χ0v) is 11.7. The Bertz CT molecular complexity index is 633. The second kappa shape index (κ2) is 5.22. The van der Waals surface area contributed by atoms with E-state index in [0.717, 1.165) is 22.4 Å². The summed E-state index contributed by atoms with van der Waals surface area (Å²) in [6, 6.07) is 9.28. The standard InChI is InChI=1S/C16H17NO2/c1-10-8-9-11(2)15(13(10)4)19-16(18)14-7-5-6-12(3)17-14/h5-9H,1-4H3. The number of benzene rings is 1. The van der Waals surface area contributed by atoms with Gasteiger partial charge in [-0.15, -0.1) is 0 Å². The Kier molecular flexibility index (Phi) is 3.65. The molecule has 2 rings (SSSR count). The average molecular weight is 255 g/mol. The number of rotatable bonds is 2. The molecule has 1 heterocycles. The molecule has 1 aromatic carbocycles. The summed E-state index contributed by atoms with van der Waals surface area (Å²) in [6.45, 7) is 7.73. The monoisotopic (exact) mass is 255 g/mol. The van der Waals surface area contributed by atoms with Gasteiger partial charge in [0, 0.05) is 5.69 Å². The number of hydrogen-bond donors (Lipinski definition) is 0. The lowest BCUT2D eigenvalue weighted by Crippen LogP contribution is -2.12. The van der Waals surface area contributed by atoms with Gasteiger partial charge >= 0.3 is 5.97 Å². The number of carbonyl (C=O) groups excluding carboxylic acids is 1. The van der Waals surface area contributed by atoms with Crippen molar-refractivity contribution in [2.24, 2.45) is 0 Å². The molecule has 0 bridgehead atoms. The molecule has 0 radical (unpaired) electrons. The molecular formula is C16H17NO2. The summed E-state index contributed by atoms with van der Waals surface area (Å²) in [5, 5.41) is 0. The molecule has 0 aliphatic heterocycles. The van der Waals surface area contributed by atoms with Crippen molar-refractivity contribution in [1.82, 2.24) is 4.98 Å². The molecule has 0 aliphatic carbocycles. The highest BCUT2D eigenvalue weighted by Crippen LogP contribution is 2.26. The largest absolute Gasteiger partial charge is 0.421 e. The van der Waals surface area contributed by atoms with Gasteiger partial charge in [0.25, 0.3) is 0 Å². The first-order valence-corrected chi connectivity index (χ1v) is 6.21. The molecule has 0 amide bonds. The van der Waals surface area contributed by atoms with Gasteiger partial charge in [-0.25, -0.2) is 9.78 Å². The third kappa shape index (κ3) is 2.81. The molecule has 3 heteroatoms. The highest BCUT2D eigenvalue weighted by Gasteiger charge is 2.14. The van der Waals surface area contributed by atoms with Gasteiger partial charge in [0.05, 0.1) is 0 Å². The van der Waals surface area contributed by atoms with Crippen LogP contribution >= 0.6 is 0 Å². The van der Waals surface area contributed by atoms with E-state index in [1.165, 1.54) is 0 Å². The Morgan fingerprint density at radius 3 is 2.37 bits per heavy atom. The first-order valence-electron chi connectivity index (χ1n) is 6.21. The number of carbonyl (C=O) groups is 1. The van der Waals surface area contributed by atoms with Crippen LogP contribution in [0.1, 0.15) is 32.9 Å². The number of aryl methyl sites for hydroxylation is 3. The Morgan fingerprint density at radius 2 is 1.68 bits per heavy atom. The number of hydrogen-bond acceptors (Lipinski definition) is 3. The fourth-order valence-corrected chi connectivity index (χ4v) is 1.88. The van der Waals surface area contributed by atoms with Crippen LogP contribution in [0.25, 0.3) is 0 Å². The minimum atomic E-state index is -0.416. The normalized spacial score (nSPS) is 10.3. The number of nitrogens with zero attached hydrogens (tertiary/aromatic N) is 1.